The Bertz CT molecular complexity index is 97.7. The first-order valence-electron chi connectivity index (χ1n) is 4.72. The van der Waals surface area contributed by atoms with Gasteiger partial charge in [-0.25, -0.2) is 0 Å². The van der Waals surface area contributed by atoms with Crippen LogP contribution in [0.15, 0.2) is 0 Å². The molecule has 0 saturated carbocycles. The number of hydrogen-bond acceptors (Lipinski definition) is 2. The lowest BCUT2D eigenvalue weighted by atomic mass is 10.2. The predicted molar refractivity (Wildman–Crippen MR) is 48.8 cm³/mol. The normalized spacial score (nSPS) is 18.8. The van der Waals surface area contributed by atoms with Crippen LogP contribution in [0.2, 0.25) is 0 Å². The number of likely N-dealkylation sites (tertiary alicyclic amines) is 1. The highest BCUT2D eigenvalue weighted by Crippen LogP contribution is 2.02. The molecule has 2 nitrogen and oxygen atoms in total. The maximum atomic E-state index is 3.44. The molecule has 0 spiro atoms. The van der Waals surface area contributed by atoms with E-state index in [9.17, 15) is 0 Å². The Morgan fingerprint density at radius 1 is 1.36 bits per heavy atom. The van der Waals surface area contributed by atoms with Crippen LogP contribution in [0.3, 0.4) is 0 Å². The van der Waals surface area contributed by atoms with E-state index < -0.39 is 0 Å². The molecule has 1 rings (SSSR count). The molecule has 2 heteroatoms. The van der Waals surface area contributed by atoms with Crippen LogP contribution in [-0.2, 0) is 0 Å². The minimum absolute atomic E-state index is 0.784. The van der Waals surface area contributed by atoms with E-state index in [1.54, 1.807) is 0 Å². The topological polar surface area (TPSA) is 15.3 Å². The second kappa shape index (κ2) is 4.73. The van der Waals surface area contributed by atoms with Crippen molar-refractivity contribution in [3.05, 3.63) is 0 Å². The zero-order valence-electron chi connectivity index (χ0n) is 7.77. The Morgan fingerprint density at radius 2 is 2.09 bits per heavy atom. The Hall–Kier alpha value is -0.0800. The SMILES string of the molecule is CC(C)CNCCN1CCC1. The highest BCUT2D eigenvalue weighted by Gasteiger charge is 2.11. The highest BCUT2D eigenvalue weighted by molar-refractivity contribution is 4.68. The molecular formula is C9H20N2. The van der Waals surface area contributed by atoms with Gasteiger partial charge in [-0.05, 0) is 32.0 Å². The van der Waals surface area contributed by atoms with Gasteiger partial charge in [0.05, 0.1) is 0 Å². The summed E-state index contributed by atoms with van der Waals surface area (Å²) >= 11 is 0. The van der Waals surface area contributed by atoms with Gasteiger partial charge in [0.15, 0.2) is 0 Å². The second-order valence-electron chi connectivity index (χ2n) is 3.79. The van der Waals surface area contributed by atoms with Gasteiger partial charge in [-0.1, -0.05) is 13.8 Å². The molecule has 11 heavy (non-hydrogen) atoms. The smallest absolute Gasteiger partial charge is 0.0107 e. The van der Waals surface area contributed by atoms with Gasteiger partial charge in [-0.2, -0.15) is 0 Å². The summed E-state index contributed by atoms with van der Waals surface area (Å²) in [6.07, 6.45) is 1.41. The van der Waals surface area contributed by atoms with E-state index in [1.807, 2.05) is 0 Å². The maximum absolute atomic E-state index is 3.44. The first-order chi connectivity index (χ1) is 5.29. The Kier molecular flexibility index (Phi) is 3.87. The third-order valence-electron chi connectivity index (χ3n) is 2.11. The maximum Gasteiger partial charge on any atom is 0.0107 e. The van der Waals surface area contributed by atoms with Gasteiger partial charge in [0.25, 0.3) is 0 Å². The summed E-state index contributed by atoms with van der Waals surface area (Å²) in [4.78, 5) is 2.49. The van der Waals surface area contributed by atoms with Crippen LogP contribution >= 0.6 is 0 Å². The van der Waals surface area contributed by atoms with Crippen molar-refractivity contribution in [1.29, 1.82) is 0 Å². The Balaban J connectivity index is 1.80. The molecule has 0 atom stereocenters. The standard InChI is InChI=1S/C9H20N2/c1-9(2)8-10-4-7-11-5-3-6-11/h9-10H,3-8H2,1-2H3. The molecule has 0 radical (unpaired) electrons. The summed E-state index contributed by atoms with van der Waals surface area (Å²) in [6, 6.07) is 0. The van der Waals surface area contributed by atoms with Crippen molar-refractivity contribution in [3.8, 4) is 0 Å². The molecule has 1 N–H and O–H groups in total. The fourth-order valence-corrected chi connectivity index (χ4v) is 1.23. The van der Waals surface area contributed by atoms with Crippen LogP contribution in [-0.4, -0.2) is 37.6 Å². The van der Waals surface area contributed by atoms with E-state index >= 15 is 0 Å². The molecule has 0 aromatic carbocycles. The monoisotopic (exact) mass is 156 g/mol. The molecule has 1 heterocycles. The molecule has 0 unspecified atom stereocenters. The van der Waals surface area contributed by atoms with Gasteiger partial charge in [0.1, 0.15) is 0 Å². The van der Waals surface area contributed by atoms with E-state index in [1.165, 1.54) is 26.1 Å². The third-order valence-corrected chi connectivity index (χ3v) is 2.11. The lowest BCUT2D eigenvalue weighted by Gasteiger charge is -2.30. The van der Waals surface area contributed by atoms with Gasteiger partial charge >= 0.3 is 0 Å². The summed E-state index contributed by atoms with van der Waals surface area (Å²) in [7, 11) is 0. The van der Waals surface area contributed by atoms with Crippen molar-refractivity contribution < 1.29 is 0 Å². The van der Waals surface area contributed by atoms with Crippen molar-refractivity contribution in [2.45, 2.75) is 20.3 Å². The first kappa shape index (κ1) is 9.01. The van der Waals surface area contributed by atoms with Crippen molar-refractivity contribution in [2.75, 3.05) is 32.7 Å². The van der Waals surface area contributed by atoms with E-state index in [2.05, 4.69) is 24.1 Å². The number of rotatable bonds is 5. The van der Waals surface area contributed by atoms with Crippen molar-refractivity contribution in [1.82, 2.24) is 10.2 Å². The number of nitrogens with zero attached hydrogens (tertiary/aromatic N) is 1. The van der Waals surface area contributed by atoms with Crippen molar-refractivity contribution in [2.24, 2.45) is 5.92 Å². The summed E-state index contributed by atoms with van der Waals surface area (Å²) in [5.41, 5.74) is 0. The van der Waals surface area contributed by atoms with Crippen molar-refractivity contribution >= 4 is 0 Å². The number of hydrogen-bond donors (Lipinski definition) is 1. The van der Waals surface area contributed by atoms with Gasteiger partial charge in [0.2, 0.25) is 0 Å². The van der Waals surface area contributed by atoms with E-state index in [0.717, 1.165) is 19.0 Å². The molecule has 0 amide bonds. The fraction of sp³-hybridized carbons (Fsp3) is 1.00. The molecule has 1 saturated heterocycles. The van der Waals surface area contributed by atoms with Crippen LogP contribution < -0.4 is 5.32 Å². The first-order valence-corrected chi connectivity index (χ1v) is 4.72. The van der Waals surface area contributed by atoms with Crippen LogP contribution in [0.25, 0.3) is 0 Å². The summed E-state index contributed by atoms with van der Waals surface area (Å²) in [5.74, 6) is 0.784. The van der Waals surface area contributed by atoms with Gasteiger partial charge in [-0.15, -0.1) is 0 Å². The average molecular weight is 156 g/mol. The van der Waals surface area contributed by atoms with Gasteiger partial charge in [-0.3, -0.25) is 0 Å². The Morgan fingerprint density at radius 3 is 2.55 bits per heavy atom. The minimum Gasteiger partial charge on any atom is -0.315 e. The molecule has 0 aromatic rings. The minimum atomic E-state index is 0.784. The van der Waals surface area contributed by atoms with Crippen LogP contribution in [0.4, 0.5) is 0 Å². The summed E-state index contributed by atoms with van der Waals surface area (Å²) < 4.78 is 0. The molecule has 0 bridgehead atoms. The quantitative estimate of drug-likeness (QED) is 0.596. The van der Waals surface area contributed by atoms with E-state index in [-0.39, 0.29) is 0 Å². The molecule has 0 aromatic heterocycles. The van der Waals surface area contributed by atoms with Crippen LogP contribution in [0, 0.1) is 5.92 Å². The van der Waals surface area contributed by atoms with E-state index in [0.29, 0.717) is 0 Å². The fourth-order valence-electron chi connectivity index (χ4n) is 1.23. The third kappa shape index (κ3) is 3.73. The molecule has 1 aliphatic heterocycles. The summed E-state index contributed by atoms with van der Waals surface area (Å²) in [6.45, 7) is 10.7. The van der Waals surface area contributed by atoms with E-state index in [4.69, 9.17) is 0 Å². The molecule has 1 aliphatic rings. The largest absolute Gasteiger partial charge is 0.315 e. The van der Waals surface area contributed by atoms with Crippen LogP contribution in [0.1, 0.15) is 20.3 Å². The average Bonchev–Trinajstić information content (AvgIpc) is 1.82. The zero-order valence-corrected chi connectivity index (χ0v) is 7.77. The summed E-state index contributed by atoms with van der Waals surface area (Å²) in [5, 5.41) is 3.44. The molecular weight excluding hydrogens is 136 g/mol. The molecule has 1 fully saturated rings. The lowest BCUT2D eigenvalue weighted by molar-refractivity contribution is 0.182. The predicted octanol–water partition coefficient (Wildman–Crippen LogP) is 0.938. The van der Waals surface area contributed by atoms with Crippen LogP contribution in [0.5, 0.6) is 0 Å². The van der Waals surface area contributed by atoms with Crippen molar-refractivity contribution in [3.63, 3.8) is 0 Å². The molecule has 0 aliphatic carbocycles. The van der Waals surface area contributed by atoms with Gasteiger partial charge in [0, 0.05) is 13.1 Å². The lowest BCUT2D eigenvalue weighted by Crippen LogP contribution is -2.41. The Labute approximate surface area is 70.0 Å². The highest BCUT2D eigenvalue weighted by atomic mass is 15.2. The van der Waals surface area contributed by atoms with Gasteiger partial charge < -0.3 is 10.2 Å². The second-order valence-corrected chi connectivity index (χ2v) is 3.79. The molecule has 66 valence electrons. The zero-order chi connectivity index (χ0) is 8.10. The number of nitrogens with one attached hydrogen (secondary N) is 1.